The van der Waals surface area contributed by atoms with Crippen LogP contribution in [0.1, 0.15) is 22.5 Å². The number of rotatable bonds is 2. The third-order valence-corrected chi connectivity index (χ3v) is 3.86. The molecule has 7 heteroatoms. The van der Waals surface area contributed by atoms with Gasteiger partial charge in [0.25, 0.3) is 5.91 Å². The van der Waals surface area contributed by atoms with Crippen molar-refractivity contribution in [1.29, 1.82) is 0 Å². The Hall–Kier alpha value is -1.66. The number of halogens is 1. The first kappa shape index (κ1) is 13.3. The number of hydrogen-bond acceptors (Lipinski definition) is 4. The summed E-state index contributed by atoms with van der Waals surface area (Å²) in [7, 11) is 1.66. The molecule has 0 spiro atoms. The Bertz CT molecular complexity index is 670. The summed E-state index contributed by atoms with van der Waals surface area (Å²) in [6, 6.07) is 0. The largest absolute Gasteiger partial charge is 0.380 e. The zero-order valence-corrected chi connectivity index (χ0v) is 12.1. The topological polar surface area (TPSA) is 59.7 Å². The van der Waals surface area contributed by atoms with Crippen LogP contribution in [0.2, 0.25) is 5.02 Å². The maximum Gasteiger partial charge on any atom is 0.276 e. The van der Waals surface area contributed by atoms with Crippen molar-refractivity contribution in [2.45, 2.75) is 19.4 Å². The van der Waals surface area contributed by atoms with E-state index in [1.165, 1.54) is 0 Å². The fourth-order valence-electron chi connectivity index (χ4n) is 2.39. The summed E-state index contributed by atoms with van der Waals surface area (Å²) in [6.07, 6.45) is 4.43. The molecule has 0 unspecified atom stereocenters. The minimum Gasteiger partial charge on any atom is -0.380 e. The second kappa shape index (κ2) is 5.03. The summed E-state index contributed by atoms with van der Waals surface area (Å²) in [5.41, 5.74) is 1.71. The Kier molecular flexibility index (Phi) is 3.35. The summed E-state index contributed by atoms with van der Waals surface area (Å²) in [5, 5.41) is 4.56. The Morgan fingerprint density at radius 1 is 1.55 bits per heavy atom. The van der Waals surface area contributed by atoms with Gasteiger partial charge in [0.1, 0.15) is 5.02 Å². The van der Waals surface area contributed by atoms with E-state index in [2.05, 4.69) is 10.1 Å². The molecule has 0 aliphatic carbocycles. The molecule has 3 heterocycles. The predicted octanol–water partition coefficient (Wildman–Crippen LogP) is 1.55. The fourth-order valence-corrected chi connectivity index (χ4v) is 2.65. The van der Waals surface area contributed by atoms with Crippen LogP contribution in [0.15, 0.2) is 12.4 Å². The number of nitrogens with zero attached hydrogens (tertiary/aromatic N) is 4. The number of fused-ring (bicyclic) bond motifs is 1. The lowest BCUT2D eigenvalue weighted by atomic mass is 10.3. The van der Waals surface area contributed by atoms with E-state index in [1.807, 2.05) is 6.92 Å². The van der Waals surface area contributed by atoms with Crippen LogP contribution in [0.4, 0.5) is 0 Å². The molecule has 1 saturated heterocycles. The first-order valence-electron chi connectivity index (χ1n) is 6.42. The van der Waals surface area contributed by atoms with Gasteiger partial charge in [0.2, 0.25) is 0 Å². The zero-order chi connectivity index (χ0) is 14.3. The SMILES string of the molecule is CO[C@H]1CCN(C(=O)c2nn3cc(C)cnc3c2Cl)C1. The van der Waals surface area contributed by atoms with Crippen LogP contribution in [-0.4, -0.2) is 51.7 Å². The van der Waals surface area contributed by atoms with E-state index in [4.69, 9.17) is 16.3 Å². The molecule has 1 aliphatic rings. The highest BCUT2D eigenvalue weighted by Crippen LogP contribution is 2.23. The first-order chi connectivity index (χ1) is 9.60. The molecule has 0 bridgehead atoms. The molecule has 1 aliphatic heterocycles. The van der Waals surface area contributed by atoms with Gasteiger partial charge < -0.3 is 9.64 Å². The number of carbonyl (C=O) groups is 1. The quantitative estimate of drug-likeness (QED) is 0.843. The third kappa shape index (κ3) is 2.14. The minimum absolute atomic E-state index is 0.0927. The van der Waals surface area contributed by atoms with Crippen molar-refractivity contribution in [2.24, 2.45) is 0 Å². The normalized spacial score (nSPS) is 18.9. The maximum atomic E-state index is 12.5. The summed E-state index contributed by atoms with van der Waals surface area (Å²) in [6.45, 7) is 3.15. The lowest BCUT2D eigenvalue weighted by Gasteiger charge is -2.14. The monoisotopic (exact) mass is 294 g/mol. The molecule has 20 heavy (non-hydrogen) atoms. The van der Waals surface area contributed by atoms with Gasteiger partial charge in [-0.25, -0.2) is 9.50 Å². The molecule has 1 fully saturated rings. The van der Waals surface area contributed by atoms with Crippen LogP contribution in [-0.2, 0) is 4.74 Å². The maximum absolute atomic E-state index is 12.5. The zero-order valence-electron chi connectivity index (χ0n) is 11.3. The van der Waals surface area contributed by atoms with Gasteiger partial charge in [0.15, 0.2) is 11.3 Å². The molecular weight excluding hydrogens is 280 g/mol. The van der Waals surface area contributed by atoms with E-state index in [1.54, 1.807) is 28.9 Å². The number of likely N-dealkylation sites (tertiary alicyclic amines) is 1. The van der Waals surface area contributed by atoms with Gasteiger partial charge in [-0.05, 0) is 18.9 Å². The highest BCUT2D eigenvalue weighted by atomic mass is 35.5. The molecule has 1 atom stereocenters. The van der Waals surface area contributed by atoms with Gasteiger partial charge >= 0.3 is 0 Å². The van der Waals surface area contributed by atoms with Crippen molar-refractivity contribution in [1.82, 2.24) is 19.5 Å². The van der Waals surface area contributed by atoms with Gasteiger partial charge in [0, 0.05) is 32.6 Å². The van der Waals surface area contributed by atoms with Crippen molar-refractivity contribution in [3.05, 3.63) is 28.7 Å². The van der Waals surface area contributed by atoms with E-state index in [9.17, 15) is 4.79 Å². The van der Waals surface area contributed by atoms with E-state index in [-0.39, 0.29) is 17.7 Å². The highest BCUT2D eigenvalue weighted by Gasteiger charge is 2.30. The Morgan fingerprint density at radius 3 is 3.05 bits per heavy atom. The summed E-state index contributed by atoms with van der Waals surface area (Å²) >= 11 is 6.23. The van der Waals surface area contributed by atoms with E-state index in [0.29, 0.717) is 23.8 Å². The Labute approximate surface area is 121 Å². The molecule has 0 N–H and O–H groups in total. The van der Waals surface area contributed by atoms with Gasteiger partial charge in [0.05, 0.1) is 6.10 Å². The number of carbonyl (C=O) groups excluding carboxylic acids is 1. The van der Waals surface area contributed by atoms with Crippen LogP contribution in [0, 0.1) is 6.92 Å². The number of aryl methyl sites for hydroxylation is 1. The smallest absolute Gasteiger partial charge is 0.276 e. The molecular formula is C13H15ClN4O2. The summed E-state index contributed by atoms with van der Waals surface area (Å²) in [5.74, 6) is -0.169. The van der Waals surface area contributed by atoms with E-state index < -0.39 is 0 Å². The Balaban J connectivity index is 1.94. The summed E-state index contributed by atoms with van der Waals surface area (Å²) < 4.78 is 6.82. The predicted molar refractivity (Wildman–Crippen MR) is 74.1 cm³/mol. The molecule has 1 amide bonds. The standard InChI is InChI=1S/C13H15ClN4O2/c1-8-5-15-12-10(14)11(16-18(12)6-8)13(19)17-4-3-9(7-17)20-2/h5-6,9H,3-4,7H2,1-2H3/t9-/m0/s1. The van der Waals surface area contributed by atoms with E-state index >= 15 is 0 Å². The molecule has 2 aromatic heterocycles. The van der Waals surface area contributed by atoms with Crippen molar-refractivity contribution in [3.63, 3.8) is 0 Å². The molecule has 3 rings (SSSR count). The van der Waals surface area contributed by atoms with Crippen LogP contribution in [0.3, 0.4) is 0 Å². The van der Waals surface area contributed by atoms with Crippen LogP contribution in [0.5, 0.6) is 0 Å². The highest BCUT2D eigenvalue weighted by molar-refractivity contribution is 6.36. The molecule has 0 saturated carbocycles. The van der Waals surface area contributed by atoms with Crippen LogP contribution < -0.4 is 0 Å². The van der Waals surface area contributed by atoms with Crippen molar-refractivity contribution in [3.8, 4) is 0 Å². The average Bonchev–Trinajstić information content (AvgIpc) is 3.03. The van der Waals surface area contributed by atoms with Gasteiger partial charge in [-0.1, -0.05) is 11.6 Å². The van der Waals surface area contributed by atoms with Gasteiger partial charge in [-0.2, -0.15) is 5.10 Å². The second-order valence-electron chi connectivity index (χ2n) is 4.96. The summed E-state index contributed by atoms with van der Waals surface area (Å²) in [4.78, 5) is 18.4. The van der Waals surface area contributed by atoms with Gasteiger partial charge in [-0.15, -0.1) is 0 Å². The lowest BCUT2D eigenvalue weighted by Crippen LogP contribution is -2.30. The average molecular weight is 295 g/mol. The molecule has 0 aromatic carbocycles. The first-order valence-corrected chi connectivity index (χ1v) is 6.80. The third-order valence-electron chi connectivity index (χ3n) is 3.51. The number of ether oxygens (including phenoxy) is 1. The molecule has 0 radical (unpaired) electrons. The van der Waals surface area contributed by atoms with Gasteiger partial charge in [-0.3, -0.25) is 4.79 Å². The number of amides is 1. The van der Waals surface area contributed by atoms with E-state index in [0.717, 1.165) is 12.0 Å². The van der Waals surface area contributed by atoms with Crippen molar-refractivity contribution < 1.29 is 9.53 Å². The minimum atomic E-state index is -0.169. The molecule has 2 aromatic rings. The lowest BCUT2D eigenvalue weighted by molar-refractivity contribution is 0.0719. The number of hydrogen-bond donors (Lipinski definition) is 0. The fraction of sp³-hybridized carbons (Fsp3) is 0.462. The van der Waals surface area contributed by atoms with Crippen molar-refractivity contribution >= 4 is 23.2 Å². The Morgan fingerprint density at radius 2 is 2.35 bits per heavy atom. The molecule has 106 valence electrons. The number of methoxy groups -OCH3 is 1. The van der Waals surface area contributed by atoms with Crippen LogP contribution in [0.25, 0.3) is 5.65 Å². The number of aromatic nitrogens is 3. The van der Waals surface area contributed by atoms with Crippen LogP contribution >= 0.6 is 11.6 Å². The molecule has 6 nitrogen and oxygen atoms in total. The second-order valence-corrected chi connectivity index (χ2v) is 5.34. The van der Waals surface area contributed by atoms with Crippen molar-refractivity contribution in [2.75, 3.05) is 20.2 Å².